The van der Waals surface area contributed by atoms with Crippen molar-refractivity contribution in [3.63, 3.8) is 0 Å². The zero-order valence-corrected chi connectivity index (χ0v) is 17.6. The minimum atomic E-state index is -0.436. The SMILES string of the molecule is C[C@@]1(O)CC[C@H]2[C@H](CC[C@@H]3[C@@H]2CC[C@]2(C)[C@@H](C(=O)CC4=NC=NC4)CC[C@@H]32)C1. The van der Waals surface area contributed by atoms with E-state index >= 15 is 0 Å². The molecule has 28 heavy (non-hydrogen) atoms. The maximum absolute atomic E-state index is 13.2. The van der Waals surface area contributed by atoms with Crippen LogP contribution in [0.25, 0.3) is 0 Å². The summed E-state index contributed by atoms with van der Waals surface area (Å²) >= 11 is 0. The summed E-state index contributed by atoms with van der Waals surface area (Å²) in [7, 11) is 0. The van der Waals surface area contributed by atoms with Crippen LogP contribution in [0.5, 0.6) is 0 Å². The van der Waals surface area contributed by atoms with E-state index in [2.05, 4.69) is 16.9 Å². The summed E-state index contributed by atoms with van der Waals surface area (Å²) in [5, 5.41) is 10.6. The van der Waals surface area contributed by atoms with Crippen LogP contribution in [0.1, 0.15) is 78.1 Å². The van der Waals surface area contributed by atoms with Gasteiger partial charge in [0.15, 0.2) is 0 Å². The Labute approximate surface area is 169 Å². The number of hydrogen-bond acceptors (Lipinski definition) is 4. The van der Waals surface area contributed by atoms with Gasteiger partial charge in [0.25, 0.3) is 0 Å². The van der Waals surface area contributed by atoms with Crippen molar-refractivity contribution < 1.29 is 9.90 Å². The smallest absolute Gasteiger partial charge is 0.142 e. The molecule has 5 rings (SSSR count). The number of rotatable bonds is 3. The molecule has 154 valence electrons. The van der Waals surface area contributed by atoms with Crippen LogP contribution in [-0.4, -0.2) is 35.1 Å². The molecule has 4 aliphatic carbocycles. The van der Waals surface area contributed by atoms with Gasteiger partial charge in [-0.3, -0.25) is 9.79 Å². The molecule has 4 fully saturated rings. The summed E-state index contributed by atoms with van der Waals surface area (Å²) in [5.41, 5.74) is 0.723. The third-order valence-electron chi connectivity index (χ3n) is 9.60. The van der Waals surface area contributed by atoms with Crippen LogP contribution in [0.15, 0.2) is 9.98 Å². The van der Waals surface area contributed by atoms with Gasteiger partial charge in [0.2, 0.25) is 0 Å². The van der Waals surface area contributed by atoms with E-state index in [0.29, 0.717) is 18.7 Å². The zero-order chi connectivity index (χ0) is 19.5. The fourth-order valence-electron chi connectivity index (χ4n) is 8.35. The number of carbonyl (C=O) groups is 1. The second-order valence-electron chi connectivity index (χ2n) is 11.1. The van der Waals surface area contributed by atoms with Crippen molar-refractivity contribution in [3.05, 3.63) is 0 Å². The zero-order valence-electron chi connectivity index (χ0n) is 17.6. The van der Waals surface area contributed by atoms with Crippen LogP contribution in [0.4, 0.5) is 0 Å². The monoisotopic (exact) mass is 384 g/mol. The van der Waals surface area contributed by atoms with Crippen LogP contribution in [0.3, 0.4) is 0 Å². The Morgan fingerprint density at radius 3 is 2.68 bits per heavy atom. The Hall–Kier alpha value is -1.03. The van der Waals surface area contributed by atoms with Crippen molar-refractivity contribution in [2.24, 2.45) is 50.9 Å². The lowest BCUT2D eigenvalue weighted by Crippen LogP contribution is -2.51. The van der Waals surface area contributed by atoms with Gasteiger partial charge < -0.3 is 5.11 Å². The van der Waals surface area contributed by atoms with Gasteiger partial charge >= 0.3 is 0 Å². The molecule has 4 heteroatoms. The maximum Gasteiger partial charge on any atom is 0.142 e. The molecular weight excluding hydrogens is 348 g/mol. The summed E-state index contributed by atoms with van der Waals surface area (Å²) in [6.45, 7) is 5.10. The van der Waals surface area contributed by atoms with Gasteiger partial charge in [-0.2, -0.15) is 0 Å². The fraction of sp³-hybridized carbons (Fsp3) is 0.875. The average molecular weight is 385 g/mol. The molecular formula is C24H36N2O2. The Kier molecular flexibility index (Phi) is 4.57. The third-order valence-corrected chi connectivity index (χ3v) is 9.60. The normalized spacial score (nSPS) is 49.9. The van der Waals surface area contributed by atoms with E-state index in [0.717, 1.165) is 54.6 Å². The van der Waals surface area contributed by atoms with Crippen molar-refractivity contribution >= 4 is 17.8 Å². The predicted molar refractivity (Wildman–Crippen MR) is 112 cm³/mol. The van der Waals surface area contributed by atoms with Crippen LogP contribution >= 0.6 is 0 Å². The molecule has 0 aromatic heterocycles. The van der Waals surface area contributed by atoms with E-state index in [1.807, 2.05) is 6.92 Å². The van der Waals surface area contributed by atoms with Crippen LogP contribution < -0.4 is 0 Å². The van der Waals surface area contributed by atoms with E-state index in [-0.39, 0.29) is 11.3 Å². The van der Waals surface area contributed by atoms with E-state index in [1.54, 1.807) is 6.34 Å². The van der Waals surface area contributed by atoms with Gasteiger partial charge in [-0.1, -0.05) is 6.92 Å². The van der Waals surface area contributed by atoms with Gasteiger partial charge in [-0.25, -0.2) is 4.99 Å². The maximum atomic E-state index is 13.2. The van der Waals surface area contributed by atoms with E-state index in [4.69, 9.17) is 0 Å². The summed E-state index contributed by atoms with van der Waals surface area (Å²) in [6, 6.07) is 0. The molecule has 1 N–H and O–H groups in total. The Morgan fingerprint density at radius 2 is 1.89 bits per heavy atom. The highest BCUT2D eigenvalue weighted by molar-refractivity contribution is 6.08. The first-order valence-corrected chi connectivity index (χ1v) is 11.7. The number of ketones is 1. The molecule has 0 aromatic rings. The number of Topliss-reactive ketones (excluding diaryl/α,β-unsaturated/α-hetero) is 1. The van der Waals surface area contributed by atoms with E-state index in [9.17, 15) is 9.90 Å². The third kappa shape index (κ3) is 3.02. The molecule has 0 radical (unpaired) electrons. The summed E-state index contributed by atoms with van der Waals surface area (Å²) in [4.78, 5) is 21.6. The molecule has 0 bridgehead atoms. The van der Waals surface area contributed by atoms with Crippen molar-refractivity contribution in [1.29, 1.82) is 0 Å². The van der Waals surface area contributed by atoms with Crippen LogP contribution in [-0.2, 0) is 4.79 Å². The number of fused-ring (bicyclic) bond motifs is 5. The molecule has 4 saturated carbocycles. The van der Waals surface area contributed by atoms with Gasteiger partial charge in [-0.05, 0) is 99.7 Å². The quantitative estimate of drug-likeness (QED) is 0.781. The lowest BCUT2D eigenvalue weighted by atomic mass is 9.49. The molecule has 0 saturated heterocycles. The minimum Gasteiger partial charge on any atom is -0.390 e. The van der Waals surface area contributed by atoms with Crippen LogP contribution in [0.2, 0.25) is 0 Å². The van der Waals surface area contributed by atoms with Gasteiger partial charge in [-0.15, -0.1) is 0 Å². The molecule has 0 aromatic carbocycles. The molecule has 0 unspecified atom stereocenters. The van der Waals surface area contributed by atoms with Crippen molar-refractivity contribution in [2.45, 2.75) is 83.7 Å². The average Bonchev–Trinajstić information content (AvgIpc) is 3.27. The highest BCUT2D eigenvalue weighted by Crippen LogP contribution is 2.64. The summed E-state index contributed by atoms with van der Waals surface area (Å²) in [5.74, 6) is 4.59. The fourth-order valence-corrected chi connectivity index (χ4v) is 8.35. The molecule has 1 heterocycles. The number of aliphatic hydroxyl groups is 1. The number of nitrogens with zero attached hydrogens (tertiary/aromatic N) is 2. The minimum absolute atomic E-state index is 0.200. The standard InChI is InChI=1S/C24H36N2O2/c1-23(28)9-7-17-15(12-23)3-4-19-18(17)8-10-24(2)20(19)5-6-21(24)22(27)11-16-13-25-14-26-16/h14-15,17-21,28H,3-13H2,1-2H3/t15-,17+,18-,19-,20+,21-,23-,24+/m1/s1. The molecule has 4 nitrogen and oxygen atoms in total. The Bertz CT molecular complexity index is 711. The van der Waals surface area contributed by atoms with Gasteiger partial charge in [0.05, 0.1) is 12.1 Å². The highest BCUT2D eigenvalue weighted by atomic mass is 16.3. The number of aliphatic imine (C=N–C) groups is 2. The second kappa shape index (κ2) is 6.75. The first-order chi connectivity index (χ1) is 13.4. The Balaban J connectivity index is 1.31. The van der Waals surface area contributed by atoms with E-state index < -0.39 is 5.60 Å². The first kappa shape index (κ1) is 19.0. The lowest BCUT2D eigenvalue weighted by molar-refractivity contribution is -0.131. The Morgan fingerprint density at radius 1 is 1.07 bits per heavy atom. The molecule has 0 spiro atoms. The highest BCUT2D eigenvalue weighted by Gasteiger charge is 2.58. The molecule has 0 amide bonds. The van der Waals surface area contributed by atoms with Crippen LogP contribution in [0, 0.1) is 40.9 Å². The molecule has 1 aliphatic heterocycles. The van der Waals surface area contributed by atoms with E-state index in [1.165, 1.54) is 38.5 Å². The summed E-state index contributed by atoms with van der Waals surface area (Å²) in [6.07, 6.45) is 12.8. The van der Waals surface area contributed by atoms with Gasteiger partial charge in [0.1, 0.15) is 12.1 Å². The van der Waals surface area contributed by atoms with Crippen molar-refractivity contribution in [3.8, 4) is 0 Å². The summed E-state index contributed by atoms with van der Waals surface area (Å²) < 4.78 is 0. The predicted octanol–water partition coefficient (Wildman–Crippen LogP) is 4.45. The lowest BCUT2D eigenvalue weighted by Gasteiger charge is -2.56. The largest absolute Gasteiger partial charge is 0.390 e. The molecule has 8 atom stereocenters. The number of carbonyl (C=O) groups excluding carboxylic acids is 1. The molecule has 5 aliphatic rings. The van der Waals surface area contributed by atoms with Crippen molar-refractivity contribution in [2.75, 3.05) is 6.54 Å². The second-order valence-corrected chi connectivity index (χ2v) is 11.1. The van der Waals surface area contributed by atoms with Crippen molar-refractivity contribution in [1.82, 2.24) is 0 Å². The number of hydrogen-bond donors (Lipinski definition) is 1. The topological polar surface area (TPSA) is 62.0 Å². The first-order valence-electron chi connectivity index (χ1n) is 11.7. The van der Waals surface area contributed by atoms with Gasteiger partial charge in [0, 0.05) is 18.1 Å².